The van der Waals surface area contributed by atoms with Crippen LogP contribution in [0.15, 0.2) is 17.0 Å². The Bertz CT molecular complexity index is 622. The number of halogens is 2. The fourth-order valence-electron chi connectivity index (χ4n) is 2.45. The first-order chi connectivity index (χ1) is 9.83. The van der Waals surface area contributed by atoms with Crippen molar-refractivity contribution in [2.45, 2.75) is 49.1 Å². The van der Waals surface area contributed by atoms with Gasteiger partial charge in [0.15, 0.2) is 5.82 Å². The lowest BCUT2D eigenvalue weighted by molar-refractivity contribution is 0.130. The molecule has 5 nitrogen and oxygen atoms in total. The molecule has 1 aliphatic rings. The molecule has 4 N–H and O–H groups in total. The van der Waals surface area contributed by atoms with Crippen LogP contribution < -0.4 is 10.5 Å². The minimum absolute atomic E-state index is 0.471. The number of hydrogen-bond acceptors (Lipinski definition) is 4. The van der Waals surface area contributed by atoms with Gasteiger partial charge in [-0.3, -0.25) is 0 Å². The van der Waals surface area contributed by atoms with E-state index in [1.165, 1.54) is 0 Å². The largest absolute Gasteiger partial charge is 0.394 e. The van der Waals surface area contributed by atoms with Gasteiger partial charge in [0.05, 0.1) is 6.10 Å². The fraction of sp³-hybridized carbons (Fsp3) is 0.538. The van der Waals surface area contributed by atoms with E-state index in [-0.39, 0.29) is 0 Å². The van der Waals surface area contributed by atoms with Crippen LogP contribution in [0.1, 0.15) is 32.1 Å². The molecule has 1 aromatic carbocycles. The Morgan fingerprint density at radius 3 is 2.57 bits per heavy atom. The molecule has 0 aromatic heterocycles. The molecule has 2 atom stereocenters. The summed E-state index contributed by atoms with van der Waals surface area (Å²) < 4.78 is 53.6. The highest BCUT2D eigenvalue weighted by Crippen LogP contribution is 2.25. The summed E-state index contributed by atoms with van der Waals surface area (Å²) in [6, 6.07) is 0.950. The van der Waals surface area contributed by atoms with Crippen molar-refractivity contribution >= 4 is 15.7 Å². The summed E-state index contributed by atoms with van der Waals surface area (Å²) in [4.78, 5) is -0.710. The fourth-order valence-corrected chi connectivity index (χ4v) is 3.84. The summed E-state index contributed by atoms with van der Waals surface area (Å²) in [6.07, 6.45) is 2.64. The van der Waals surface area contributed by atoms with E-state index in [1.54, 1.807) is 0 Å². The molecule has 1 aromatic rings. The van der Waals surface area contributed by atoms with Gasteiger partial charge in [0.25, 0.3) is 0 Å². The lowest BCUT2D eigenvalue weighted by atomic mass is 10.1. The van der Waals surface area contributed by atoms with E-state index in [1.807, 2.05) is 0 Å². The van der Waals surface area contributed by atoms with Gasteiger partial charge < -0.3 is 10.8 Å². The summed E-state index contributed by atoms with van der Waals surface area (Å²) in [5.41, 5.74) is 4.34. The Kier molecular flexibility index (Phi) is 4.80. The zero-order valence-corrected chi connectivity index (χ0v) is 12.2. The highest BCUT2D eigenvalue weighted by molar-refractivity contribution is 7.89. The van der Waals surface area contributed by atoms with E-state index in [9.17, 15) is 22.3 Å². The van der Waals surface area contributed by atoms with Crippen LogP contribution in [-0.2, 0) is 10.0 Å². The second kappa shape index (κ2) is 6.25. The number of nitrogen functional groups attached to an aromatic ring is 1. The van der Waals surface area contributed by atoms with Gasteiger partial charge in [-0.25, -0.2) is 21.9 Å². The van der Waals surface area contributed by atoms with Gasteiger partial charge in [-0.1, -0.05) is 19.3 Å². The average molecular weight is 320 g/mol. The van der Waals surface area contributed by atoms with E-state index in [0.29, 0.717) is 12.8 Å². The van der Waals surface area contributed by atoms with Crippen molar-refractivity contribution in [2.24, 2.45) is 0 Å². The molecule has 1 aliphatic carbocycles. The first-order valence-electron chi connectivity index (χ1n) is 6.77. The lowest BCUT2D eigenvalue weighted by Crippen LogP contribution is -2.42. The van der Waals surface area contributed by atoms with E-state index in [4.69, 9.17) is 5.73 Å². The minimum Gasteiger partial charge on any atom is -0.394 e. The molecule has 0 aliphatic heterocycles. The predicted molar refractivity (Wildman–Crippen MR) is 74.0 cm³/mol. The molecule has 2 unspecified atom stereocenters. The first kappa shape index (κ1) is 16.1. The molecule has 0 radical (unpaired) electrons. The maximum atomic E-state index is 13.8. The zero-order valence-electron chi connectivity index (χ0n) is 11.4. The lowest BCUT2D eigenvalue weighted by Gasteiger charge is -2.22. The van der Waals surface area contributed by atoms with Crippen LogP contribution in [0.25, 0.3) is 0 Å². The highest BCUT2D eigenvalue weighted by atomic mass is 32.2. The van der Waals surface area contributed by atoms with Crippen LogP contribution in [0.3, 0.4) is 0 Å². The quantitative estimate of drug-likeness (QED) is 0.581. The van der Waals surface area contributed by atoms with Crippen molar-refractivity contribution in [3.05, 3.63) is 23.8 Å². The third-order valence-electron chi connectivity index (χ3n) is 3.67. The summed E-state index contributed by atoms with van der Waals surface area (Å²) in [5.74, 6) is -2.33. The van der Waals surface area contributed by atoms with Crippen LogP contribution in [0.5, 0.6) is 0 Å². The molecular weight excluding hydrogens is 302 g/mol. The number of benzene rings is 1. The first-order valence-corrected chi connectivity index (χ1v) is 8.25. The summed E-state index contributed by atoms with van der Waals surface area (Å²) in [6.45, 7) is 0. The van der Waals surface area contributed by atoms with Crippen LogP contribution in [0.4, 0.5) is 14.5 Å². The smallest absolute Gasteiger partial charge is 0.243 e. The Hall–Kier alpha value is -1.25. The average Bonchev–Trinajstić information content (AvgIpc) is 2.61. The number of aliphatic hydroxyl groups is 1. The highest BCUT2D eigenvalue weighted by Gasteiger charge is 2.29. The monoisotopic (exact) mass is 320 g/mol. The maximum absolute atomic E-state index is 13.8. The van der Waals surface area contributed by atoms with Crippen LogP contribution in [-0.4, -0.2) is 25.7 Å². The number of sulfonamides is 1. The molecule has 2 rings (SSSR count). The molecular formula is C13H18F2N2O3S. The minimum atomic E-state index is -4.21. The van der Waals surface area contributed by atoms with Crippen molar-refractivity contribution in [3.8, 4) is 0 Å². The Morgan fingerprint density at radius 2 is 1.86 bits per heavy atom. The van der Waals surface area contributed by atoms with E-state index >= 15 is 0 Å². The normalized spacial score (nSPS) is 23.8. The molecule has 8 heteroatoms. The molecule has 0 saturated heterocycles. The van der Waals surface area contributed by atoms with Crippen LogP contribution in [0, 0.1) is 11.6 Å². The van der Waals surface area contributed by atoms with Crippen molar-refractivity contribution in [3.63, 3.8) is 0 Å². The molecule has 1 saturated carbocycles. The Labute approximate surface area is 122 Å². The topological polar surface area (TPSA) is 92.4 Å². The second-order valence-corrected chi connectivity index (χ2v) is 6.89. The van der Waals surface area contributed by atoms with Gasteiger partial charge in [0.1, 0.15) is 16.4 Å². The summed E-state index contributed by atoms with van der Waals surface area (Å²) in [7, 11) is -4.21. The third kappa shape index (κ3) is 3.50. The van der Waals surface area contributed by atoms with Crippen molar-refractivity contribution in [1.82, 2.24) is 4.72 Å². The van der Waals surface area contributed by atoms with Gasteiger partial charge in [-0.05, 0) is 25.0 Å². The molecule has 0 heterocycles. The molecule has 0 spiro atoms. The molecule has 21 heavy (non-hydrogen) atoms. The SMILES string of the molecule is Nc1c(F)ccc(S(=O)(=O)NC2CCCCCC2O)c1F. The van der Waals surface area contributed by atoms with Gasteiger partial charge in [-0.15, -0.1) is 0 Å². The molecule has 118 valence electrons. The van der Waals surface area contributed by atoms with E-state index in [0.717, 1.165) is 31.4 Å². The standard InChI is InChI=1S/C13H18F2N2O3S/c14-8-6-7-11(12(15)13(8)16)21(19,20)17-9-4-2-1-3-5-10(9)18/h6-7,9-10,17-18H,1-5,16H2. The predicted octanol–water partition coefficient (Wildman–Crippen LogP) is 1.52. The summed E-state index contributed by atoms with van der Waals surface area (Å²) in [5, 5.41) is 9.92. The van der Waals surface area contributed by atoms with Gasteiger partial charge in [0.2, 0.25) is 10.0 Å². The molecule has 0 bridgehead atoms. The summed E-state index contributed by atoms with van der Waals surface area (Å²) >= 11 is 0. The van der Waals surface area contributed by atoms with Gasteiger partial charge in [0, 0.05) is 6.04 Å². The zero-order chi connectivity index (χ0) is 15.6. The number of nitrogens with two attached hydrogens (primary N) is 1. The van der Waals surface area contributed by atoms with Crippen LogP contribution in [0.2, 0.25) is 0 Å². The number of nitrogens with one attached hydrogen (secondary N) is 1. The number of anilines is 1. The van der Waals surface area contributed by atoms with Crippen LogP contribution >= 0.6 is 0 Å². The number of rotatable bonds is 3. The Morgan fingerprint density at radius 1 is 1.19 bits per heavy atom. The van der Waals surface area contributed by atoms with E-state index < -0.39 is 44.4 Å². The van der Waals surface area contributed by atoms with Crippen molar-refractivity contribution in [2.75, 3.05) is 5.73 Å². The Balaban J connectivity index is 2.28. The second-order valence-electron chi connectivity index (χ2n) is 5.21. The van der Waals surface area contributed by atoms with Crippen molar-refractivity contribution < 1.29 is 22.3 Å². The van der Waals surface area contributed by atoms with Gasteiger partial charge in [-0.2, -0.15) is 0 Å². The van der Waals surface area contributed by atoms with Crippen molar-refractivity contribution in [1.29, 1.82) is 0 Å². The number of aliphatic hydroxyl groups excluding tert-OH is 1. The maximum Gasteiger partial charge on any atom is 0.243 e. The molecule has 0 amide bonds. The van der Waals surface area contributed by atoms with E-state index in [2.05, 4.69) is 4.72 Å². The third-order valence-corrected chi connectivity index (χ3v) is 5.17. The number of hydrogen-bond donors (Lipinski definition) is 3. The van der Waals surface area contributed by atoms with Gasteiger partial charge >= 0.3 is 0 Å². The molecule has 1 fully saturated rings.